The van der Waals surface area contributed by atoms with Crippen molar-refractivity contribution in [2.24, 2.45) is 0 Å². The predicted molar refractivity (Wildman–Crippen MR) is 32.1 cm³/mol. The van der Waals surface area contributed by atoms with Crippen LogP contribution in [0.2, 0.25) is 0 Å². The number of hydrogen-bond donors (Lipinski definition) is 4. The van der Waals surface area contributed by atoms with Crippen molar-refractivity contribution in [3.05, 3.63) is 0 Å². The zero-order chi connectivity index (χ0) is 14.3. The Morgan fingerprint density at radius 1 is 0.500 bits per heavy atom. The number of carbonyl (C=O) groups is 4. The van der Waals surface area contributed by atoms with E-state index < -0.39 is 24.6 Å². The Labute approximate surface area is 124 Å². The second kappa shape index (κ2) is 29.5. The largest absolute Gasteiger partial charge is 2.00 e. The molecule has 0 aliphatic heterocycles. The van der Waals surface area contributed by atoms with E-state index in [1.807, 2.05) is 0 Å². The summed E-state index contributed by atoms with van der Waals surface area (Å²) in [5.41, 5.74) is 0. The monoisotopic (exact) mass is 372 g/mol. The summed E-state index contributed by atoms with van der Waals surface area (Å²) in [6, 6.07) is 0. The summed E-state index contributed by atoms with van der Waals surface area (Å²) in [4.78, 5) is 33.8. The van der Waals surface area contributed by atoms with E-state index in [0.29, 0.717) is 0 Å². The molecule has 0 bridgehead atoms. The molecule has 0 unspecified atom stereocenters. The third kappa shape index (κ3) is 909. The molecule has 0 rings (SSSR count). The van der Waals surface area contributed by atoms with Gasteiger partial charge in [0.1, 0.15) is 0 Å². The van der Waals surface area contributed by atoms with Gasteiger partial charge in [-0.3, -0.25) is 0 Å². The average Bonchev–Trinajstić information content (AvgIpc) is 1.76. The topological polar surface area (TPSA) is 241 Å². The molecular weight excluding hydrogens is 371 g/mol. The van der Waals surface area contributed by atoms with Crippen LogP contribution in [0.4, 0.5) is 19.2 Å². The predicted octanol–water partition coefficient (Wildman–Crippen LogP) is -4.45. The van der Waals surface area contributed by atoms with Crippen LogP contribution in [0.1, 0.15) is 0 Å². The van der Waals surface area contributed by atoms with Crippen LogP contribution in [0, 0.1) is 0 Å². The quantitative estimate of drug-likeness (QED) is 0.293. The molecule has 0 fully saturated rings. The Morgan fingerprint density at radius 3 is 0.500 bits per heavy atom. The number of carboxylic acid groups (broad SMARTS) is 8. The fourth-order valence-corrected chi connectivity index (χ4v) is 0. The van der Waals surface area contributed by atoms with Crippen molar-refractivity contribution in [1.29, 1.82) is 0 Å². The molecule has 0 aromatic heterocycles. The molecule has 0 amide bonds. The van der Waals surface area contributed by atoms with E-state index in [0.717, 1.165) is 0 Å². The molecule has 0 aliphatic carbocycles. The van der Waals surface area contributed by atoms with Crippen LogP contribution < -0.4 is 20.4 Å². The maximum Gasteiger partial charge on any atom is 2.00 e. The zero-order valence-electron chi connectivity index (χ0n) is 8.47. The summed E-state index contributed by atoms with van der Waals surface area (Å²) in [6.45, 7) is 0. The van der Waals surface area contributed by atoms with Crippen molar-refractivity contribution in [2.45, 2.75) is 0 Å². The minimum atomic E-state index is -2.08. The van der Waals surface area contributed by atoms with Crippen LogP contribution in [-0.4, -0.2) is 45.0 Å². The first-order valence-corrected chi connectivity index (χ1v) is 2.53. The van der Waals surface area contributed by atoms with E-state index in [9.17, 15) is 0 Å². The Kier molecular flexibility index (Phi) is 58.9. The normalized spacial score (nSPS) is 5.33. The average molecular weight is 375 g/mol. The smallest absolute Gasteiger partial charge is 0.565 e. The third-order valence-electron chi connectivity index (χ3n) is 0. The standard InChI is InChI=1S/4CH2O3.2Zn/c4*2-1(3)4;;/h4*(H2,2,3,4);;/q;;;;2*+2/p-4. The van der Waals surface area contributed by atoms with Crippen LogP contribution in [0.25, 0.3) is 0 Å². The molecule has 12 nitrogen and oxygen atoms in total. The van der Waals surface area contributed by atoms with Crippen molar-refractivity contribution < 1.29 is 99.0 Å². The molecule has 14 heteroatoms. The molecular formula is C4H4O12Zn2. The molecule has 0 aromatic rings. The first-order chi connectivity index (χ1) is 6.93. The van der Waals surface area contributed by atoms with Gasteiger partial charge in [0.25, 0.3) is 0 Å². The van der Waals surface area contributed by atoms with Crippen LogP contribution in [0.3, 0.4) is 0 Å². The summed E-state index contributed by atoms with van der Waals surface area (Å²) in [6.07, 6.45) is -8.33. The Bertz CT molecular complexity index is 162. The molecule has 0 atom stereocenters. The number of rotatable bonds is 0. The summed E-state index contributed by atoms with van der Waals surface area (Å²) >= 11 is 0. The Hall–Kier alpha value is -1.67. The van der Waals surface area contributed by atoms with Crippen molar-refractivity contribution in [1.82, 2.24) is 0 Å². The van der Waals surface area contributed by atoms with E-state index in [4.69, 9.17) is 60.0 Å². The van der Waals surface area contributed by atoms with Gasteiger partial charge in [-0.25, -0.2) is 0 Å². The van der Waals surface area contributed by atoms with E-state index in [1.165, 1.54) is 0 Å². The maximum atomic E-state index is 8.44. The molecule has 0 spiro atoms. The van der Waals surface area contributed by atoms with Gasteiger partial charge in [0.15, 0.2) is 0 Å². The fourth-order valence-electron chi connectivity index (χ4n) is 0. The van der Waals surface area contributed by atoms with Crippen LogP contribution in [0.5, 0.6) is 0 Å². The summed E-state index contributed by atoms with van der Waals surface area (Å²) in [5, 5.41) is 61.2. The van der Waals surface area contributed by atoms with Gasteiger partial charge in [-0.15, -0.1) is 0 Å². The Morgan fingerprint density at radius 2 is 0.500 bits per heavy atom. The molecule has 0 aliphatic rings. The van der Waals surface area contributed by atoms with Gasteiger partial charge in [-0.05, 0) is 0 Å². The van der Waals surface area contributed by atoms with Gasteiger partial charge in [0.05, 0.1) is 0 Å². The van der Waals surface area contributed by atoms with Gasteiger partial charge in [-0.2, -0.15) is 0 Å². The van der Waals surface area contributed by atoms with Gasteiger partial charge in [0.2, 0.25) is 24.6 Å². The fraction of sp³-hybridized carbons (Fsp3) is 0. The molecule has 4 N–H and O–H groups in total. The number of hydrogen-bond acceptors (Lipinski definition) is 8. The first kappa shape index (κ1) is 36.0. The van der Waals surface area contributed by atoms with Gasteiger partial charge in [-0.1, -0.05) is 0 Å². The third-order valence-corrected chi connectivity index (χ3v) is 0. The molecule has 96 valence electrons. The van der Waals surface area contributed by atoms with Gasteiger partial charge in [0, 0.05) is 0 Å². The molecule has 18 heavy (non-hydrogen) atoms. The van der Waals surface area contributed by atoms with E-state index in [2.05, 4.69) is 0 Å². The second-order valence-corrected chi connectivity index (χ2v) is 1.06. The molecule has 0 heterocycles. The van der Waals surface area contributed by atoms with Crippen LogP contribution >= 0.6 is 0 Å². The van der Waals surface area contributed by atoms with Crippen molar-refractivity contribution >= 4 is 24.6 Å². The first-order valence-electron chi connectivity index (χ1n) is 2.53. The van der Waals surface area contributed by atoms with Crippen LogP contribution in [-0.2, 0) is 39.0 Å². The van der Waals surface area contributed by atoms with Crippen LogP contribution in [0.15, 0.2) is 0 Å². The molecule has 0 saturated carbocycles. The van der Waals surface area contributed by atoms with E-state index in [1.54, 1.807) is 0 Å². The van der Waals surface area contributed by atoms with E-state index >= 15 is 0 Å². The maximum absolute atomic E-state index is 8.44. The van der Waals surface area contributed by atoms with Crippen molar-refractivity contribution in [3.63, 3.8) is 0 Å². The second-order valence-electron chi connectivity index (χ2n) is 1.06. The molecule has 0 saturated heterocycles. The minimum Gasteiger partial charge on any atom is -0.565 e. The molecule has 0 radical (unpaired) electrons. The molecule has 0 aromatic carbocycles. The van der Waals surface area contributed by atoms with Crippen molar-refractivity contribution in [2.75, 3.05) is 0 Å². The minimum absolute atomic E-state index is 0. The SMILES string of the molecule is O=C([O-])O.O=C([O-])O.O=C([O-])O.O=C([O-])O.[Zn+2].[Zn+2]. The Balaban J connectivity index is -0.0000000257. The van der Waals surface area contributed by atoms with Gasteiger partial charge >= 0.3 is 39.0 Å². The summed E-state index contributed by atoms with van der Waals surface area (Å²) in [7, 11) is 0. The zero-order valence-corrected chi connectivity index (χ0v) is 14.4. The summed E-state index contributed by atoms with van der Waals surface area (Å²) < 4.78 is 0. The van der Waals surface area contributed by atoms with Crippen molar-refractivity contribution in [3.8, 4) is 0 Å². The van der Waals surface area contributed by atoms with Gasteiger partial charge < -0.3 is 60.0 Å². The van der Waals surface area contributed by atoms with E-state index in [-0.39, 0.29) is 39.0 Å². The summed E-state index contributed by atoms with van der Waals surface area (Å²) in [5.74, 6) is 0.